The van der Waals surface area contributed by atoms with Crippen LogP contribution in [0.1, 0.15) is 33.4 Å². The number of nitrogens with zero attached hydrogens (tertiary/aromatic N) is 3. The predicted octanol–water partition coefficient (Wildman–Crippen LogP) is 14.1. The lowest BCUT2D eigenvalue weighted by molar-refractivity contribution is 0.769. The van der Waals surface area contributed by atoms with Gasteiger partial charge in [-0.15, -0.1) is 0 Å². The van der Waals surface area contributed by atoms with Crippen molar-refractivity contribution in [1.29, 1.82) is 0 Å². The monoisotopic (exact) mass is 789 g/mol. The maximum absolute atomic E-state index is 5.32. The Hall–Kier alpha value is -8.01. The summed E-state index contributed by atoms with van der Waals surface area (Å²) >= 11 is 0. The van der Waals surface area contributed by atoms with Crippen LogP contribution in [0.5, 0.6) is 0 Å². The summed E-state index contributed by atoms with van der Waals surface area (Å²) in [4.78, 5) is 15.7. The van der Waals surface area contributed by atoms with E-state index >= 15 is 0 Å². The van der Waals surface area contributed by atoms with Crippen LogP contribution in [0.25, 0.3) is 78.7 Å². The van der Waals surface area contributed by atoms with Crippen molar-refractivity contribution in [1.82, 2.24) is 15.0 Å². The lowest BCUT2D eigenvalue weighted by atomic mass is 9.67. The number of fused-ring (bicyclic) bond motifs is 6. The van der Waals surface area contributed by atoms with E-state index in [0.29, 0.717) is 17.5 Å². The van der Waals surface area contributed by atoms with E-state index in [-0.39, 0.29) is 0 Å². The van der Waals surface area contributed by atoms with Gasteiger partial charge >= 0.3 is 0 Å². The Balaban J connectivity index is 1.08. The third-order valence-electron chi connectivity index (χ3n) is 12.9. The van der Waals surface area contributed by atoms with Crippen molar-refractivity contribution in [3.63, 3.8) is 0 Å². The summed E-state index contributed by atoms with van der Waals surface area (Å²) < 4.78 is 0. The lowest BCUT2D eigenvalue weighted by Crippen LogP contribution is -2.28. The summed E-state index contributed by atoms with van der Waals surface area (Å²) in [5.41, 5.74) is 19.6. The van der Waals surface area contributed by atoms with Crippen LogP contribution in [0.4, 0.5) is 0 Å². The first-order valence-electron chi connectivity index (χ1n) is 21.3. The summed E-state index contributed by atoms with van der Waals surface area (Å²) in [6.45, 7) is 0. The van der Waals surface area contributed by atoms with Gasteiger partial charge in [-0.25, -0.2) is 15.0 Å². The van der Waals surface area contributed by atoms with Crippen molar-refractivity contribution >= 4 is 0 Å². The molecule has 0 atom stereocenters. The van der Waals surface area contributed by atoms with Crippen LogP contribution < -0.4 is 0 Å². The highest BCUT2D eigenvalue weighted by molar-refractivity contribution is 5.95. The number of hydrogen-bond donors (Lipinski definition) is 0. The lowest BCUT2D eigenvalue weighted by Gasteiger charge is -2.34. The van der Waals surface area contributed by atoms with Gasteiger partial charge in [0.05, 0.1) is 5.41 Å². The summed E-state index contributed by atoms with van der Waals surface area (Å²) in [5, 5.41) is 0. The van der Waals surface area contributed by atoms with E-state index in [0.717, 1.165) is 39.8 Å². The van der Waals surface area contributed by atoms with Crippen LogP contribution in [-0.2, 0) is 11.8 Å². The minimum absolute atomic E-state index is 0.528. The topological polar surface area (TPSA) is 38.7 Å². The Morgan fingerprint density at radius 3 is 1.52 bits per heavy atom. The fourth-order valence-corrected chi connectivity index (χ4v) is 10.1. The fourth-order valence-electron chi connectivity index (χ4n) is 10.1. The Morgan fingerprint density at radius 2 is 0.790 bits per heavy atom. The molecule has 290 valence electrons. The second-order valence-electron chi connectivity index (χ2n) is 16.3. The van der Waals surface area contributed by atoms with Crippen molar-refractivity contribution in [3.8, 4) is 78.7 Å². The van der Waals surface area contributed by atoms with E-state index in [9.17, 15) is 0 Å². The van der Waals surface area contributed by atoms with Crippen LogP contribution in [0.15, 0.2) is 224 Å². The number of hydrogen-bond acceptors (Lipinski definition) is 3. The Labute approximate surface area is 361 Å². The molecule has 0 saturated heterocycles. The number of benzene rings is 9. The van der Waals surface area contributed by atoms with Gasteiger partial charge in [0.25, 0.3) is 0 Å². The standard InChI is InChI=1S/C59H39N3/c1-5-19-39(20-6-1)50-37-53-48-31-15-16-34-54(48)59(44-26-9-3-10-27-44,45-28-11-4-12-29-45)55(53)38-51(50)41-24-17-25-43(35-41)57-60-56(40-21-7-2-8-22-40)61-58(62-57)49-33-18-32-47-46-30-14-13-23-42(46)36-52(47)49/h1-35,37-38H,36H2. The van der Waals surface area contributed by atoms with E-state index in [2.05, 4.69) is 206 Å². The quantitative estimate of drug-likeness (QED) is 0.161. The first-order chi connectivity index (χ1) is 30.7. The van der Waals surface area contributed by atoms with E-state index in [1.807, 2.05) is 18.2 Å². The van der Waals surface area contributed by atoms with Gasteiger partial charge in [0, 0.05) is 16.7 Å². The molecule has 62 heavy (non-hydrogen) atoms. The molecule has 3 heteroatoms. The highest BCUT2D eigenvalue weighted by Gasteiger charge is 2.46. The van der Waals surface area contributed by atoms with Gasteiger partial charge in [-0.1, -0.05) is 206 Å². The molecule has 0 radical (unpaired) electrons. The summed E-state index contributed by atoms with van der Waals surface area (Å²) in [6, 6.07) is 80.9. The molecular formula is C59H39N3. The highest BCUT2D eigenvalue weighted by Crippen LogP contribution is 2.58. The van der Waals surface area contributed by atoms with E-state index in [4.69, 9.17) is 15.0 Å². The number of aromatic nitrogens is 3. The molecule has 2 aliphatic rings. The molecular weight excluding hydrogens is 751 g/mol. The van der Waals surface area contributed by atoms with Crippen LogP contribution in [0, 0.1) is 0 Å². The molecule has 12 rings (SSSR count). The van der Waals surface area contributed by atoms with Crippen molar-refractivity contribution in [2.45, 2.75) is 11.8 Å². The predicted molar refractivity (Wildman–Crippen MR) is 253 cm³/mol. The van der Waals surface area contributed by atoms with Crippen LogP contribution in [0.2, 0.25) is 0 Å². The molecule has 0 bridgehead atoms. The average molecular weight is 790 g/mol. The number of rotatable bonds is 7. The van der Waals surface area contributed by atoms with E-state index in [1.165, 1.54) is 61.2 Å². The Kier molecular flexibility index (Phi) is 8.46. The zero-order chi connectivity index (χ0) is 41.0. The first kappa shape index (κ1) is 35.9. The van der Waals surface area contributed by atoms with Crippen molar-refractivity contribution in [3.05, 3.63) is 258 Å². The maximum Gasteiger partial charge on any atom is 0.164 e. The fraction of sp³-hybridized carbons (Fsp3) is 0.0339. The Bertz CT molecular complexity index is 3260. The molecule has 0 fully saturated rings. The van der Waals surface area contributed by atoms with Gasteiger partial charge in [-0.05, 0) is 103 Å². The highest BCUT2D eigenvalue weighted by atomic mass is 15.0. The molecule has 0 N–H and O–H groups in total. The first-order valence-corrected chi connectivity index (χ1v) is 21.3. The van der Waals surface area contributed by atoms with Gasteiger partial charge in [0.2, 0.25) is 0 Å². The van der Waals surface area contributed by atoms with E-state index < -0.39 is 5.41 Å². The molecule has 0 unspecified atom stereocenters. The zero-order valence-corrected chi connectivity index (χ0v) is 33.9. The van der Waals surface area contributed by atoms with Gasteiger partial charge in [0.15, 0.2) is 17.5 Å². The minimum Gasteiger partial charge on any atom is -0.208 e. The van der Waals surface area contributed by atoms with Gasteiger partial charge < -0.3 is 0 Å². The second kappa shape index (κ2) is 14.6. The van der Waals surface area contributed by atoms with E-state index in [1.54, 1.807) is 0 Å². The Morgan fingerprint density at radius 1 is 0.290 bits per heavy atom. The molecule has 3 nitrogen and oxygen atoms in total. The van der Waals surface area contributed by atoms with Crippen LogP contribution in [-0.4, -0.2) is 15.0 Å². The normalized spacial score (nSPS) is 12.9. The second-order valence-corrected chi connectivity index (χ2v) is 16.3. The molecule has 1 aromatic heterocycles. The van der Waals surface area contributed by atoms with Gasteiger partial charge in [-0.2, -0.15) is 0 Å². The molecule has 1 heterocycles. The van der Waals surface area contributed by atoms with Crippen LogP contribution >= 0.6 is 0 Å². The van der Waals surface area contributed by atoms with Gasteiger partial charge in [-0.3, -0.25) is 0 Å². The molecule has 0 aliphatic heterocycles. The van der Waals surface area contributed by atoms with Crippen molar-refractivity contribution < 1.29 is 0 Å². The van der Waals surface area contributed by atoms with Crippen molar-refractivity contribution in [2.75, 3.05) is 0 Å². The maximum atomic E-state index is 5.32. The molecule has 0 amide bonds. The summed E-state index contributed by atoms with van der Waals surface area (Å²) in [6.07, 6.45) is 0.844. The van der Waals surface area contributed by atoms with Gasteiger partial charge in [0.1, 0.15) is 0 Å². The summed E-state index contributed by atoms with van der Waals surface area (Å²) in [7, 11) is 0. The minimum atomic E-state index is -0.528. The molecule has 2 aliphatic carbocycles. The molecule has 0 spiro atoms. The third-order valence-corrected chi connectivity index (χ3v) is 12.9. The average Bonchev–Trinajstić information content (AvgIpc) is 3.88. The zero-order valence-electron chi connectivity index (χ0n) is 33.9. The van der Waals surface area contributed by atoms with Crippen LogP contribution in [0.3, 0.4) is 0 Å². The van der Waals surface area contributed by atoms with Crippen molar-refractivity contribution in [2.24, 2.45) is 0 Å². The summed E-state index contributed by atoms with van der Waals surface area (Å²) in [5.74, 6) is 1.97. The molecule has 9 aromatic carbocycles. The SMILES string of the molecule is c1ccc(-c2nc(-c3cccc(-c4cc5c(cc4-c4ccccc4)-c4ccccc4C5(c4ccccc4)c4ccccc4)c3)nc(-c3cccc4c3Cc3ccccc3-4)n2)cc1. The molecule has 10 aromatic rings. The smallest absolute Gasteiger partial charge is 0.164 e. The molecule has 0 saturated carbocycles. The largest absolute Gasteiger partial charge is 0.208 e. The third kappa shape index (κ3) is 5.70.